The highest BCUT2D eigenvalue weighted by Crippen LogP contribution is 2.37. The van der Waals surface area contributed by atoms with Crippen LogP contribution in [0.1, 0.15) is 36.8 Å². The second-order valence-corrected chi connectivity index (χ2v) is 5.45. The Kier molecular flexibility index (Phi) is 2.72. The fourth-order valence-electron chi connectivity index (χ4n) is 3.18. The first-order valence-corrected chi connectivity index (χ1v) is 6.59. The summed E-state index contributed by atoms with van der Waals surface area (Å²) in [5, 5.41) is 10.3. The summed E-state index contributed by atoms with van der Waals surface area (Å²) in [4.78, 5) is 0. The largest absolute Gasteiger partial charge is 0.393 e. The molecule has 2 aliphatic rings. The maximum atomic E-state index is 10.3. The van der Waals surface area contributed by atoms with Gasteiger partial charge < -0.3 is 5.11 Å². The third-order valence-corrected chi connectivity index (χ3v) is 4.50. The van der Waals surface area contributed by atoms with Gasteiger partial charge in [0.1, 0.15) is 0 Å². The van der Waals surface area contributed by atoms with E-state index < -0.39 is 0 Å². The lowest BCUT2D eigenvalue weighted by Crippen LogP contribution is -2.36. The molecule has 0 heterocycles. The fraction of sp³-hybridized carbons (Fsp3) is 0.600. The number of benzene rings is 1. The van der Waals surface area contributed by atoms with E-state index in [1.807, 2.05) is 0 Å². The highest BCUT2D eigenvalue weighted by Gasteiger charge is 2.33. The zero-order valence-corrected chi connectivity index (χ0v) is 9.73. The van der Waals surface area contributed by atoms with E-state index in [0.29, 0.717) is 11.8 Å². The van der Waals surface area contributed by atoms with Crippen molar-refractivity contribution in [2.75, 3.05) is 0 Å². The van der Waals surface area contributed by atoms with Gasteiger partial charge in [-0.3, -0.25) is 0 Å². The minimum Gasteiger partial charge on any atom is -0.393 e. The molecule has 1 nitrogen and oxygen atoms in total. The third kappa shape index (κ3) is 1.78. The van der Waals surface area contributed by atoms with Gasteiger partial charge in [-0.1, -0.05) is 30.7 Å². The second kappa shape index (κ2) is 4.21. The number of hydrogen-bond donors (Lipinski definition) is 1. The number of aryl methyl sites for hydroxylation is 1. The number of hydrogen-bond acceptors (Lipinski definition) is 1. The lowest BCUT2D eigenvalue weighted by molar-refractivity contribution is 0.00995. The van der Waals surface area contributed by atoms with Crippen molar-refractivity contribution in [1.82, 2.24) is 0 Å². The van der Waals surface area contributed by atoms with Crippen LogP contribution in [0.4, 0.5) is 0 Å². The lowest BCUT2D eigenvalue weighted by atomic mass is 9.71. The van der Waals surface area contributed by atoms with E-state index in [2.05, 4.69) is 24.3 Å². The molecule has 0 aromatic heterocycles. The van der Waals surface area contributed by atoms with Crippen molar-refractivity contribution in [2.45, 2.75) is 44.6 Å². The molecule has 0 spiro atoms. The molecule has 1 saturated carbocycles. The minimum absolute atomic E-state index is 0.0397. The normalized spacial score (nSPS) is 26.9. The molecule has 0 aliphatic heterocycles. The molecular formula is C15H20O. The fourth-order valence-corrected chi connectivity index (χ4v) is 3.18. The summed E-state index contributed by atoms with van der Waals surface area (Å²) in [6.07, 6.45) is 7.21. The molecule has 2 unspecified atom stereocenters. The molecule has 0 amide bonds. The van der Waals surface area contributed by atoms with E-state index in [1.165, 1.54) is 36.8 Å². The first-order valence-electron chi connectivity index (χ1n) is 6.59. The number of aliphatic hydroxyl groups excluding tert-OH is 1. The highest BCUT2D eigenvalue weighted by atomic mass is 16.3. The summed E-state index contributed by atoms with van der Waals surface area (Å²) in [5.41, 5.74) is 2.97. The second-order valence-electron chi connectivity index (χ2n) is 5.45. The van der Waals surface area contributed by atoms with Crippen molar-refractivity contribution in [3.63, 3.8) is 0 Å². The lowest BCUT2D eigenvalue weighted by Gasteiger charge is -2.37. The van der Waals surface area contributed by atoms with Crippen LogP contribution < -0.4 is 0 Å². The van der Waals surface area contributed by atoms with Gasteiger partial charge in [-0.15, -0.1) is 0 Å². The maximum absolute atomic E-state index is 10.3. The Morgan fingerprint density at radius 1 is 1.00 bits per heavy atom. The van der Waals surface area contributed by atoms with Crippen LogP contribution in [-0.2, 0) is 12.8 Å². The first-order chi connectivity index (χ1) is 7.84. The zero-order valence-electron chi connectivity index (χ0n) is 9.73. The molecule has 0 saturated heterocycles. The van der Waals surface area contributed by atoms with Gasteiger partial charge >= 0.3 is 0 Å². The summed E-state index contributed by atoms with van der Waals surface area (Å²) in [6.45, 7) is 0. The summed E-state index contributed by atoms with van der Waals surface area (Å²) >= 11 is 0. The monoisotopic (exact) mass is 216 g/mol. The molecular weight excluding hydrogens is 196 g/mol. The molecule has 3 rings (SSSR count). The topological polar surface area (TPSA) is 20.2 Å². The van der Waals surface area contributed by atoms with E-state index in [4.69, 9.17) is 0 Å². The van der Waals surface area contributed by atoms with E-state index >= 15 is 0 Å². The predicted octanol–water partition coefficient (Wildman–Crippen LogP) is 2.95. The summed E-state index contributed by atoms with van der Waals surface area (Å²) in [5.74, 6) is 1.12. The molecule has 0 bridgehead atoms. The first kappa shape index (κ1) is 10.3. The summed E-state index contributed by atoms with van der Waals surface area (Å²) < 4.78 is 0. The Morgan fingerprint density at radius 3 is 2.44 bits per heavy atom. The SMILES string of the molecule is OC(C1CCC1)C1CCc2ccccc2C1. The molecule has 0 radical (unpaired) electrons. The van der Waals surface area contributed by atoms with Gasteiger partial charge in [-0.05, 0) is 55.1 Å². The third-order valence-electron chi connectivity index (χ3n) is 4.50. The van der Waals surface area contributed by atoms with Gasteiger partial charge in [0.05, 0.1) is 6.10 Å². The molecule has 1 aromatic rings. The molecule has 1 fully saturated rings. The van der Waals surface area contributed by atoms with Crippen LogP contribution in [0.3, 0.4) is 0 Å². The van der Waals surface area contributed by atoms with Crippen LogP contribution >= 0.6 is 0 Å². The summed E-state index contributed by atoms with van der Waals surface area (Å²) in [6, 6.07) is 8.72. The van der Waals surface area contributed by atoms with Gasteiger partial charge in [-0.2, -0.15) is 0 Å². The van der Waals surface area contributed by atoms with Gasteiger partial charge in [0, 0.05) is 0 Å². The van der Waals surface area contributed by atoms with Crippen molar-refractivity contribution in [1.29, 1.82) is 0 Å². The van der Waals surface area contributed by atoms with Crippen LogP contribution in [0.5, 0.6) is 0 Å². The van der Waals surface area contributed by atoms with Crippen LogP contribution in [-0.4, -0.2) is 11.2 Å². The standard InChI is InChI=1S/C15H20O/c16-15(12-6-3-7-12)14-9-8-11-4-1-2-5-13(11)10-14/h1-2,4-5,12,14-16H,3,6-10H2. The number of rotatable bonds is 2. The molecule has 1 aromatic carbocycles. The van der Waals surface area contributed by atoms with E-state index in [-0.39, 0.29) is 6.10 Å². The average molecular weight is 216 g/mol. The Labute approximate surface area is 97.5 Å². The van der Waals surface area contributed by atoms with E-state index in [1.54, 1.807) is 0 Å². The minimum atomic E-state index is -0.0397. The quantitative estimate of drug-likeness (QED) is 0.806. The molecule has 16 heavy (non-hydrogen) atoms. The zero-order chi connectivity index (χ0) is 11.0. The average Bonchev–Trinajstić information content (AvgIpc) is 2.26. The molecule has 2 atom stereocenters. The van der Waals surface area contributed by atoms with Gasteiger partial charge in [0.25, 0.3) is 0 Å². The Balaban J connectivity index is 1.72. The van der Waals surface area contributed by atoms with Crippen molar-refractivity contribution in [3.8, 4) is 0 Å². The van der Waals surface area contributed by atoms with Crippen LogP contribution in [0.25, 0.3) is 0 Å². The van der Waals surface area contributed by atoms with Crippen molar-refractivity contribution in [3.05, 3.63) is 35.4 Å². The van der Waals surface area contributed by atoms with Crippen molar-refractivity contribution < 1.29 is 5.11 Å². The van der Waals surface area contributed by atoms with Crippen LogP contribution in [0.2, 0.25) is 0 Å². The smallest absolute Gasteiger partial charge is 0.0599 e. The highest BCUT2D eigenvalue weighted by molar-refractivity contribution is 5.29. The maximum Gasteiger partial charge on any atom is 0.0599 e. The van der Waals surface area contributed by atoms with E-state index in [0.717, 1.165) is 12.8 Å². The van der Waals surface area contributed by atoms with Gasteiger partial charge in [-0.25, -0.2) is 0 Å². The van der Waals surface area contributed by atoms with Crippen LogP contribution in [0.15, 0.2) is 24.3 Å². The summed E-state index contributed by atoms with van der Waals surface area (Å²) in [7, 11) is 0. The predicted molar refractivity (Wildman–Crippen MR) is 65.3 cm³/mol. The molecule has 86 valence electrons. The number of fused-ring (bicyclic) bond motifs is 1. The number of aliphatic hydroxyl groups is 1. The molecule has 1 heteroatoms. The van der Waals surface area contributed by atoms with Crippen molar-refractivity contribution in [2.24, 2.45) is 11.8 Å². The van der Waals surface area contributed by atoms with E-state index in [9.17, 15) is 5.11 Å². The molecule has 2 aliphatic carbocycles. The Morgan fingerprint density at radius 2 is 1.75 bits per heavy atom. The molecule has 1 N–H and O–H groups in total. The van der Waals surface area contributed by atoms with Gasteiger partial charge in [0.15, 0.2) is 0 Å². The Bertz CT molecular complexity index is 367. The Hall–Kier alpha value is -0.820. The van der Waals surface area contributed by atoms with Crippen molar-refractivity contribution >= 4 is 0 Å². The van der Waals surface area contributed by atoms with Crippen LogP contribution in [0, 0.1) is 11.8 Å². The van der Waals surface area contributed by atoms with Gasteiger partial charge in [0.2, 0.25) is 0 Å².